The third-order valence-corrected chi connectivity index (χ3v) is 5.90. The third-order valence-electron chi connectivity index (χ3n) is 5.90. The molecule has 1 saturated heterocycles. The van der Waals surface area contributed by atoms with E-state index in [2.05, 4.69) is 27.4 Å². The Kier molecular flexibility index (Phi) is 7.29. The summed E-state index contributed by atoms with van der Waals surface area (Å²) in [6, 6.07) is 16.5. The second kappa shape index (κ2) is 10.5. The normalized spacial score (nSPS) is 15.4. The zero-order valence-corrected chi connectivity index (χ0v) is 18.3. The molecule has 1 aliphatic rings. The van der Waals surface area contributed by atoms with Crippen LogP contribution in [0.25, 0.3) is 0 Å². The first-order valence-electron chi connectivity index (χ1n) is 11.1. The molecule has 0 saturated carbocycles. The summed E-state index contributed by atoms with van der Waals surface area (Å²) in [6.07, 6.45) is 2.36. The Bertz CT molecular complexity index is 1010. The van der Waals surface area contributed by atoms with E-state index in [1.807, 2.05) is 29.8 Å². The number of hydrogen-bond donors (Lipinski definition) is 1. The number of nitrogens with zero attached hydrogens (tertiary/aromatic N) is 3. The summed E-state index contributed by atoms with van der Waals surface area (Å²) in [4.78, 5) is 15.4. The van der Waals surface area contributed by atoms with Crippen LogP contribution in [-0.2, 0) is 17.7 Å². The molecule has 4 rings (SSSR count). The number of nitrogens with one attached hydrogen (secondary N) is 1. The molecule has 1 unspecified atom stereocenters. The van der Waals surface area contributed by atoms with Crippen molar-refractivity contribution < 1.29 is 13.9 Å². The molecular weight excluding hydrogens is 407 g/mol. The van der Waals surface area contributed by atoms with E-state index in [9.17, 15) is 9.18 Å². The van der Waals surface area contributed by atoms with Gasteiger partial charge in [0.15, 0.2) is 0 Å². The molecule has 2 heterocycles. The van der Waals surface area contributed by atoms with E-state index >= 15 is 0 Å². The molecule has 1 N–H and O–H groups in total. The van der Waals surface area contributed by atoms with Crippen molar-refractivity contribution >= 4 is 5.91 Å². The number of benzene rings is 2. The van der Waals surface area contributed by atoms with E-state index in [0.717, 1.165) is 29.9 Å². The number of rotatable bonds is 8. The number of morpholine rings is 1. The van der Waals surface area contributed by atoms with Gasteiger partial charge in [-0.25, -0.2) is 4.39 Å². The molecule has 168 valence electrons. The Hall–Kier alpha value is -3.03. The summed E-state index contributed by atoms with van der Waals surface area (Å²) < 4.78 is 20.8. The summed E-state index contributed by atoms with van der Waals surface area (Å²) in [5, 5.41) is 7.57. The number of amides is 1. The van der Waals surface area contributed by atoms with Gasteiger partial charge in [0.1, 0.15) is 5.82 Å². The van der Waals surface area contributed by atoms with Crippen LogP contribution in [0.1, 0.15) is 40.1 Å². The van der Waals surface area contributed by atoms with Crippen molar-refractivity contribution in [3.63, 3.8) is 0 Å². The first-order chi connectivity index (χ1) is 15.7. The minimum absolute atomic E-state index is 0.0482. The van der Waals surface area contributed by atoms with Gasteiger partial charge in [-0.3, -0.25) is 14.4 Å². The Morgan fingerprint density at radius 2 is 1.84 bits per heavy atom. The number of aromatic nitrogens is 2. The third kappa shape index (κ3) is 5.23. The van der Waals surface area contributed by atoms with Crippen LogP contribution in [0, 0.1) is 5.82 Å². The fourth-order valence-electron chi connectivity index (χ4n) is 4.18. The van der Waals surface area contributed by atoms with Crippen LogP contribution in [0.4, 0.5) is 4.39 Å². The molecule has 3 aromatic rings. The molecule has 1 aliphatic heterocycles. The maximum atomic E-state index is 13.5. The average Bonchev–Trinajstić information content (AvgIpc) is 3.24. The fraction of sp³-hybridized carbons (Fsp3) is 0.360. The average molecular weight is 437 g/mol. The van der Waals surface area contributed by atoms with Gasteiger partial charge in [-0.15, -0.1) is 0 Å². The molecule has 0 radical (unpaired) electrons. The molecule has 0 aliphatic carbocycles. The lowest BCUT2D eigenvalue weighted by molar-refractivity contribution is 0.0162. The number of hydrogen-bond acceptors (Lipinski definition) is 4. The van der Waals surface area contributed by atoms with E-state index in [-0.39, 0.29) is 17.8 Å². The summed E-state index contributed by atoms with van der Waals surface area (Å²) in [7, 11) is 0. The Morgan fingerprint density at radius 1 is 1.12 bits per heavy atom. The molecule has 32 heavy (non-hydrogen) atoms. The minimum Gasteiger partial charge on any atom is -0.379 e. The maximum Gasteiger partial charge on any atom is 0.254 e. The molecular formula is C25H29FN4O2. The molecule has 7 heteroatoms. The van der Waals surface area contributed by atoms with E-state index in [4.69, 9.17) is 4.74 Å². The zero-order valence-electron chi connectivity index (χ0n) is 18.3. The highest BCUT2D eigenvalue weighted by molar-refractivity contribution is 5.95. The predicted octanol–water partition coefficient (Wildman–Crippen LogP) is 3.44. The Labute approximate surface area is 188 Å². The summed E-state index contributed by atoms with van der Waals surface area (Å²) in [6.45, 7) is 5.93. The SMILES string of the molecule is CCc1c(C(=O)NCC(c2ccc(F)cc2)N2CCOCC2)cnn1Cc1ccccc1. The molecule has 6 nitrogen and oxygen atoms in total. The van der Waals surface area contributed by atoms with Crippen LogP contribution in [0.3, 0.4) is 0 Å². The van der Waals surface area contributed by atoms with Gasteiger partial charge in [-0.05, 0) is 29.7 Å². The lowest BCUT2D eigenvalue weighted by Gasteiger charge is -2.35. The second-order valence-electron chi connectivity index (χ2n) is 7.93. The minimum atomic E-state index is -0.267. The van der Waals surface area contributed by atoms with Crippen LogP contribution < -0.4 is 5.32 Å². The van der Waals surface area contributed by atoms with Gasteiger partial charge in [0.2, 0.25) is 0 Å². The van der Waals surface area contributed by atoms with Crippen LogP contribution in [0.5, 0.6) is 0 Å². The molecule has 1 atom stereocenters. The van der Waals surface area contributed by atoms with Crippen molar-refractivity contribution in [3.8, 4) is 0 Å². The molecule has 0 spiro atoms. The highest BCUT2D eigenvalue weighted by Gasteiger charge is 2.24. The topological polar surface area (TPSA) is 59.4 Å². The Morgan fingerprint density at radius 3 is 2.53 bits per heavy atom. The standard InChI is InChI=1S/C25H29FN4O2/c1-2-23-22(16-28-30(23)18-19-6-4-3-5-7-19)25(31)27-17-24(29-12-14-32-15-13-29)20-8-10-21(26)11-9-20/h3-11,16,24H,2,12-15,17-18H2,1H3,(H,27,31). The summed E-state index contributed by atoms with van der Waals surface area (Å²) in [5.74, 6) is -0.404. The van der Waals surface area contributed by atoms with Gasteiger partial charge < -0.3 is 10.1 Å². The van der Waals surface area contributed by atoms with E-state index in [1.54, 1.807) is 18.3 Å². The first kappa shape index (κ1) is 22.2. The predicted molar refractivity (Wildman–Crippen MR) is 121 cm³/mol. The van der Waals surface area contributed by atoms with Crippen LogP contribution in [-0.4, -0.2) is 53.4 Å². The highest BCUT2D eigenvalue weighted by Crippen LogP contribution is 2.22. The van der Waals surface area contributed by atoms with Gasteiger partial charge >= 0.3 is 0 Å². The van der Waals surface area contributed by atoms with E-state index in [1.165, 1.54) is 12.1 Å². The van der Waals surface area contributed by atoms with Gasteiger partial charge in [-0.1, -0.05) is 49.4 Å². The van der Waals surface area contributed by atoms with Gasteiger partial charge in [0.05, 0.1) is 43.3 Å². The second-order valence-corrected chi connectivity index (χ2v) is 7.93. The van der Waals surface area contributed by atoms with Crippen molar-refractivity contribution in [3.05, 3.63) is 89.0 Å². The van der Waals surface area contributed by atoms with E-state index < -0.39 is 0 Å². The quantitative estimate of drug-likeness (QED) is 0.588. The maximum absolute atomic E-state index is 13.5. The molecule has 1 amide bonds. The van der Waals surface area contributed by atoms with Crippen molar-refractivity contribution in [2.24, 2.45) is 0 Å². The summed E-state index contributed by atoms with van der Waals surface area (Å²) >= 11 is 0. The van der Waals surface area contributed by atoms with Crippen molar-refractivity contribution in [2.75, 3.05) is 32.8 Å². The van der Waals surface area contributed by atoms with E-state index in [0.29, 0.717) is 38.3 Å². The van der Waals surface area contributed by atoms with Gasteiger partial charge in [-0.2, -0.15) is 5.10 Å². The van der Waals surface area contributed by atoms with Gasteiger partial charge in [0, 0.05) is 19.6 Å². The summed E-state index contributed by atoms with van der Waals surface area (Å²) in [5.41, 5.74) is 3.63. The van der Waals surface area contributed by atoms with Crippen LogP contribution >= 0.6 is 0 Å². The Balaban J connectivity index is 1.48. The van der Waals surface area contributed by atoms with Gasteiger partial charge in [0.25, 0.3) is 5.91 Å². The molecule has 1 aromatic heterocycles. The van der Waals surface area contributed by atoms with Crippen LogP contribution in [0.2, 0.25) is 0 Å². The number of carbonyl (C=O) groups excluding carboxylic acids is 1. The highest BCUT2D eigenvalue weighted by atomic mass is 19.1. The lowest BCUT2D eigenvalue weighted by atomic mass is 10.0. The smallest absolute Gasteiger partial charge is 0.254 e. The molecule has 2 aromatic carbocycles. The largest absolute Gasteiger partial charge is 0.379 e. The van der Waals surface area contributed by atoms with Crippen molar-refractivity contribution in [1.82, 2.24) is 20.0 Å². The van der Waals surface area contributed by atoms with Crippen molar-refractivity contribution in [1.29, 1.82) is 0 Å². The molecule has 1 fully saturated rings. The monoisotopic (exact) mass is 436 g/mol. The number of ether oxygens (including phenoxy) is 1. The first-order valence-corrected chi connectivity index (χ1v) is 11.1. The van der Waals surface area contributed by atoms with Crippen molar-refractivity contribution in [2.45, 2.75) is 25.9 Å². The number of carbonyl (C=O) groups is 1. The lowest BCUT2D eigenvalue weighted by Crippen LogP contribution is -2.43. The zero-order chi connectivity index (χ0) is 22.3. The number of halogens is 1. The fourth-order valence-corrected chi connectivity index (χ4v) is 4.18. The van der Waals surface area contributed by atoms with Crippen LogP contribution in [0.15, 0.2) is 60.8 Å². The molecule has 0 bridgehead atoms.